The summed E-state index contributed by atoms with van der Waals surface area (Å²) >= 11 is 0. The summed E-state index contributed by atoms with van der Waals surface area (Å²) in [5.41, 5.74) is 2.08. The first-order valence-corrected chi connectivity index (χ1v) is 7.24. The van der Waals surface area contributed by atoms with Crippen LogP contribution in [0.1, 0.15) is 17.5 Å². The van der Waals surface area contributed by atoms with Crippen LogP contribution in [0.2, 0.25) is 0 Å². The molecule has 0 spiro atoms. The van der Waals surface area contributed by atoms with Crippen molar-refractivity contribution in [1.29, 1.82) is 0 Å². The third kappa shape index (κ3) is 4.81. The minimum atomic E-state index is -0.219. The standard InChI is InChI=1S/C18H20O4/c1-21-17-13-15(7-9-16(17)19)8-10-18(20)22-12-11-14-5-3-2-4-6-14/h2-7,9,13,19H,8,10-12H2,1H3. The van der Waals surface area contributed by atoms with E-state index < -0.39 is 0 Å². The summed E-state index contributed by atoms with van der Waals surface area (Å²) in [7, 11) is 1.50. The number of phenolic OH excluding ortho intramolecular Hbond substituents is 1. The lowest BCUT2D eigenvalue weighted by molar-refractivity contribution is -0.143. The summed E-state index contributed by atoms with van der Waals surface area (Å²) < 4.78 is 10.3. The van der Waals surface area contributed by atoms with Crippen LogP contribution in [0.4, 0.5) is 0 Å². The van der Waals surface area contributed by atoms with Gasteiger partial charge in [0.2, 0.25) is 0 Å². The molecule has 0 aliphatic rings. The average molecular weight is 300 g/mol. The number of esters is 1. The van der Waals surface area contributed by atoms with Gasteiger partial charge in [-0.05, 0) is 29.7 Å². The minimum Gasteiger partial charge on any atom is -0.504 e. The van der Waals surface area contributed by atoms with Crippen molar-refractivity contribution in [2.24, 2.45) is 0 Å². The number of methoxy groups -OCH3 is 1. The summed E-state index contributed by atoms with van der Waals surface area (Å²) in [6.45, 7) is 0.391. The predicted molar refractivity (Wildman–Crippen MR) is 84.1 cm³/mol. The molecule has 0 aliphatic carbocycles. The molecule has 2 rings (SSSR count). The van der Waals surface area contributed by atoms with Gasteiger partial charge in [0.05, 0.1) is 13.7 Å². The number of aromatic hydroxyl groups is 1. The lowest BCUT2D eigenvalue weighted by atomic mass is 10.1. The van der Waals surface area contributed by atoms with Gasteiger partial charge in [-0.3, -0.25) is 4.79 Å². The molecule has 0 aromatic heterocycles. The van der Waals surface area contributed by atoms with Crippen LogP contribution in [-0.2, 0) is 22.4 Å². The van der Waals surface area contributed by atoms with Gasteiger partial charge in [0.15, 0.2) is 11.5 Å². The largest absolute Gasteiger partial charge is 0.504 e. The van der Waals surface area contributed by atoms with Gasteiger partial charge in [-0.15, -0.1) is 0 Å². The fourth-order valence-electron chi connectivity index (χ4n) is 2.12. The van der Waals surface area contributed by atoms with Gasteiger partial charge < -0.3 is 14.6 Å². The lowest BCUT2D eigenvalue weighted by Crippen LogP contribution is -2.08. The molecule has 0 bridgehead atoms. The highest BCUT2D eigenvalue weighted by Crippen LogP contribution is 2.26. The van der Waals surface area contributed by atoms with Crippen molar-refractivity contribution in [2.45, 2.75) is 19.3 Å². The second kappa shape index (κ2) is 8.08. The molecule has 0 unspecified atom stereocenters. The van der Waals surface area contributed by atoms with Crippen molar-refractivity contribution >= 4 is 5.97 Å². The maximum atomic E-state index is 11.7. The Morgan fingerprint density at radius 3 is 2.55 bits per heavy atom. The van der Waals surface area contributed by atoms with Gasteiger partial charge in [-0.25, -0.2) is 0 Å². The summed E-state index contributed by atoms with van der Waals surface area (Å²) in [5, 5.41) is 9.52. The molecule has 0 amide bonds. The highest BCUT2D eigenvalue weighted by Gasteiger charge is 2.07. The van der Waals surface area contributed by atoms with E-state index in [1.807, 2.05) is 30.3 Å². The Balaban J connectivity index is 1.73. The molecule has 116 valence electrons. The van der Waals surface area contributed by atoms with Gasteiger partial charge in [0.25, 0.3) is 0 Å². The van der Waals surface area contributed by atoms with Crippen LogP contribution in [-0.4, -0.2) is 24.8 Å². The third-order valence-electron chi connectivity index (χ3n) is 3.36. The third-order valence-corrected chi connectivity index (χ3v) is 3.36. The zero-order valence-corrected chi connectivity index (χ0v) is 12.6. The predicted octanol–water partition coefficient (Wildman–Crippen LogP) is 3.12. The summed E-state index contributed by atoms with van der Waals surface area (Å²) in [4.78, 5) is 11.7. The first-order chi connectivity index (χ1) is 10.7. The smallest absolute Gasteiger partial charge is 0.306 e. The van der Waals surface area contributed by atoms with E-state index >= 15 is 0 Å². The molecule has 0 aliphatic heterocycles. The van der Waals surface area contributed by atoms with Crippen molar-refractivity contribution in [3.8, 4) is 11.5 Å². The highest BCUT2D eigenvalue weighted by molar-refractivity contribution is 5.69. The molecule has 0 radical (unpaired) electrons. The number of carbonyl (C=O) groups is 1. The van der Waals surface area contributed by atoms with Crippen molar-refractivity contribution in [3.63, 3.8) is 0 Å². The number of benzene rings is 2. The molecule has 0 fully saturated rings. The maximum Gasteiger partial charge on any atom is 0.306 e. The molecule has 0 atom stereocenters. The van der Waals surface area contributed by atoms with Gasteiger partial charge in [-0.2, -0.15) is 0 Å². The van der Waals surface area contributed by atoms with Crippen molar-refractivity contribution in [1.82, 2.24) is 0 Å². The second-order valence-electron chi connectivity index (χ2n) is 4.96. The number of phenols is 1. The quantitative estimate of drug-likeness (QED) is 0.798. The van der Waals surface area contributed by atoms with Crippen molar-refractivity contribution < 1.29 is 19.4 Å². The van der Waals surface area contributed by atoms with Gasteiger partial charge in [0.1, 0.15) is 0 Å². The second-order valence-corrected chi connectivity index (χ2v) is 4.96. The number of rotatable bonds is 7. The van der Waals surface area contributed by atoms with E-state index in [0.29, 0.717) is 25.2 Å². The average Bonchev–Trinajstić information content (AvgIpc) is 2.55. The topological polar surface area (TPSA) is 55.8 Å². The molecular weight excluding hydrogens is 280 g/mol. The normalized spacial score (nSPS) is 10.2. The highest BCUT2D eigenvalue weighted by atomic mass is 16.5. The van der Waals surface area contributed by atoms with Crippen LogP contribution in [0.25, 0.3) is 0 Å². The van der Waals surface area contributed by atoms with E-state index in [-0.39, 0.29) is 11.7 Å². The zero-order valence-electron chi connectivity index (χ0n) is 12.6. The molecule has 0 saturated carbocycles. The fourth-order valence-corrected chi connectivity index (χ4v) is 2.12. The molecular formula is C18H20O4. The Labute approximate surface area is 130 Å². The molecule has 4 heteroatoms. The summed E-state index contributed by atoms with van der Waals surface area (Å²) in [6.07, 6.45) is 1.59. The Kier molecular flexibility index (Phi) is 5.83. The Bertz CT molecular complexity index is 608. The van der Waals surface area contributed by atoms with E-state index in [2.05, 4.69) is 0 Å². The molecule has 0 saturated heterocycles. The van der Waals surface area contributed by atoms with Crippen molar-refractivity contribution in [3.05, 3.63) is 59.7 Å². The number of carbonyl (C=O) groups excluding carboxylic acids is 1. The summed E-state index contributed by atoms with van der Waals surface area (Å²) in [5.74, 6) is 0.287. The van der Waals surface area contributed by atoms with Gasteiger partial charge in [-0.1, -0.05) is 36.4 Å². The van der Waals surface area contributed by atoms with Gasteiger partial charge in [0, 0.05) is 12.8 Å². The Morgan fingerprint density at radius 2 is 1.82 bits per heavy atom. The number of hydrogen-bond donors (Lipinski definition) is 1. The van der Waals surface area contributed by atoms with E-state index in [4.69, 9.17) is 9.47 Å². The fraction of sp³-hybridized carbons (Fsp3) is 0.278. The minimum absolute atomic E-state index is 0.0942. The number of ether oxygens (including phenoxy) is 2. The monoisotopic (exact) mass is 300 g/mol. The van der Waals surface area contributed by atoms with E-state index in [9.17, 15) is 9.90 Å². The molecule has 22 heavy (non-hydrogen) atoms. The Hall–Kier alpha value is -2.49. The zero-order chi connectivity index (χ0) is 15.8. The van der Waals surface area contributed by atoms with Crippen LogP contribution < -0.4 is 4.74 Å². The van der Waals surface area contributed by atoms with E-state index in [1.165, 1.54) is 7.11 Å². The van der Waals surface area contributed by atoms with E-state index in [1.54, 1.807) is 18.2 Å². The van der Waals surface area contributed by atoms with Crippen molar-refractivity contribution in [2.75, 3.05) is 13.7 Å². The Morgan fingerprint density at radius 1 is 1.05 bits per heavy atom. The summed E-state index contributed by atoms with van der Waals surface area (Å²) in [6, 6.07) is 15.0. The van der Waals surface area contributed by atoms with Crippen LogP contribution >= 0.6 is 0 Å². The first kappa shape index (κ1) is 15.9. The molecule has 4 nitrogen and oxygen atoms in total. The number of aryl methyl sites for hydroxylation is 1. The van der Waals surface area contributed by atoms with Crippen LogP contribution in [0.3, 0.4) is 0 Å². The lowest BCUT2D eigenvalue weighted by Gasteiger charge is -2.07. The SMILES string of the molecule is COc1cc(CCC(=O)OCCc2ccccc2)ccc1O. The number of hydrogen-bond acceptors (Lipinski definition) is 4. The maximum absolute atomic E-state index is 11.7. The first-order valence-electron chi connectivity index (χ1n) is 7.24. The molecule has 0 heterocycles. The van der Waals surface area contributed by atoms with Crippen LogP contribution in [0.5, 0.6) is 11.5 Å². The molecule has 2 aromatic carbocycles. The molecule has 2 aromatic rings. The van der Waals surface area contributed by atoms with Crippen LogP contribution in [0, 0.1) is 0 Å². The van der Waals surface area contributed by atoms with E-state index in [0.717, 1.165) is 17.5 Å². The molecule has 1 N–H and O–H groups in total. The van der Waals surface area contributed by atoms with Crippen LogP contribution in [0.15, 0.2) is 48.5 Å². The van der Waals surface area contributed by atoms with Gasteiger partial charge >= 0.3 is 5.97 Å².